The van der Waals surface area contributed by atoms with Crippen LogP contribution in [0.2, 0.25) is 0 Å². The van der Waals surface area contributed by atoms with Crippen molar-refractivity contribution in [1.82, 2.24) is 19.2 Å². The van der Waals surface area contributed by atoms with E-state index in [1.807, 2.05) is 6.92 Å². The molecule has 2 rings (SSSR count). The third-order valence-corrected chi connectivity index (χ3v) is 4.12. The predicted molar refractivity (Wildman–Crippen MR) is 82.9 cm³/mol. The first-order valence-corrected chi connectivity index (χ1v) is 8.13. The molecule has 1 aliphatic rings. The highest BCUT2D eigenvalue weighted by Crippen LogP contribution is 2.25. The van der Waals surface area contributed by atoms with E-state index in [0.717, 1.165) is 31.5 Å². The fourth-order valence-corrected chi connectivity index (χ4v) is 2.87. The monoisotopic (exact) mass is 310 g/mol. The fourth-order valence-electron chi connectivity index (χ4n) is 2.87. The number of likely N-dealkylation sites (tertiary alicyclic amines) is 1. The summed E-state index contributed by atoms with van der Waals surface area (Å²) in [6.45, 7) is 6.35. The van der Waals surface area contributed by atoms with Gasteiger partial charge in [0.15, 0.2) is 0 Å². The van der Waals surface area contributed by atoms with E-state index in [-0.39, 0.29) is 17.7 Å². The molecule has 1 aromatic heterocycles. The van der Waals surface area contributed by atoms with Crippen molar-refractivity contribution in [1.29, 1.82) is 0 Å². The number of nitrogens with zero attached hydrogens (tertiary/aromatic N) is 4. The van der Waals surface area contributed by atoms with E-state index in [4.69, 9.17) is 4.74 Å². The van der Waals surface area contributed by atoms with E-state index in [1.165, 1.54) is 4.68 Å². The van der Waals surface area contributed by atoms with Crippen molar-refractivity contribution < 1.29 is 9.53 Å². The number of hydrogen-bond acceptors (Lipinski definition) is 4. The van der Waals surface area contributed by atoms with Gasteiger partial charge in [-0.1, -0.05) is 13.3 Å². The van der Waals surface area contributed by atoms with Crippen LogP contribution in [-0.4, -0.2) is 45.0 Å². The van der Waals surface area contributed by atoms with Gasteiger partial charge >= 0.3 is 11.8 Å². The molecule has 1 amide bonds. The Morgan fingerprint density at radius 1 is 1.41 bits per heavy atom. The summed E-state index contributed by atoms with van der Waals surface area (Å²) in [4.78, 5) is 25.8. The number of aryl methyl sites for hydroxylation is 1. The highest BCUT2D eigenvalue weighted by Gasteiger charge is 2.29. The van der Waals surface area contributed by atoms with E-state index < -0.39 is 0 Å². The van der Waals surface area contributed by atoms with Crippen LogP contribution in [0.4, 0.5) is 4.79 Å². The molecule has 0 aliphatic carbocycles. The standard InChI is InChI=1S/C15H26N4O3/c1-4-6-10-22-15(21)18-9-7-8-12(11-18)13-16-17(3)14(20)19(13)5-2/h12H,4-11H2,1-3H3/t12-/m0/s1. The van der Waals surface area contributed by atoms with Crippen LogP contribution >= 0.6 is 0 Å². The number of carbonyl (C=O) groups is 1. The number of unbranched alkanes of at least 4 members (excludes halogenated alkanes) is 1. The lowest BCUT2D eigenvalue weighted by Crippen LogP contribution is -2.40. The lowest BCUT2D eigenvalue weighted by molar-refractivity contribution is 0.0895. The number of piperidine rings is 1. The molecule has 2 heterocycles. The summed E-state index contributed by atoms with van der Waals surface area (Å²) in [6.07, 6.45) is 3.49. The first-order chi connectivity index (χ1) is 10.6. The van der Waals surface area contributed by atoms with Gasteiger partial charge in [-0.05, 0) is 26.2 Å². The molecule has 0 unspecified atom stereocenters. The second kappa shape index (κ2) is 7.47. The summed E-state index contributed by atoms with van der Waals surface area (Å²) in [5, 5.41) is 4.36. The molecule has 7 heteroatoms. The van der Waals surface area contributed by atoms with Gasteiger partial charge in [0.05, 0.1) is 6.61 Å². The summed E-state index contributed by atoms with van der Waals surface area (Å²) in [7, 11) is 1.66. The molecule has 124 valence electrons. The van der Waals surface area contributed by atoms with E-state index in [1.54, 1.807) is 16.5 Å². The van der Waals surface area contributed by atoms with E-state index >= 15 is 0 Å². The number of rotatable bonds is 5. The van der Waals surface area contributed by atoms with Crippen molar-refractivity contribution in [2.24, 2.45) is 7.05 Å². The maximum Gasteiger partial charge on any atom is 0.409 e. The largest absolute Gasteiger partial charge is 0.449 e. The quantitative estimate of drug-likeness (QED) is 0.777. The second-order valence-electron chi connectivity index (χ2n) is 5.76. The van der Waals surface area contributed by atoms with Crippen molar-refractivity contribution in [3.8, 4) is 0 Å². The van der Waals surface area contributed by atoms with Crippen LogP contribution in [0.25, 0.3) is 0 Å². The van der Waals surface area contributed by atoms with E-state index in [0.29, 0.717) is 26.2 Å². The maximum absolute atomic E-state index is 12.1. The minimum atomic E-state index is -0.250. The summed E-state index contributed by atoms with van der Waals surface area (Å²) < 4.78 is 8.35. The van der Waals surface area contributed by atoms with E-state index in [9.17, 15) is 9.59 Å². The predicted octanol–water partition coefficient (Wildman–Crippen LogP) is 1.72. The van der Waals surface area contributed by atoms with Crippen LogP contribution in [0.5, 0.6) is 0 Å². The zero-order valence-corrected chi connectivity index (χ0v) is 13.7. The summed E-state index contributed by atoms with van der Waals surface area (Å²) in [5.74, 6) is 0.877. The molecular weight excluding hydrogens is 284 g/mol. The number of aromatic nitrogens is 3. The molecule has 1 aromatic rings. The molecule has 1 aliphatic heterocycles. The lowest BCUT2D eigenvalue weighted by Gasteiger charge is -2.31. The smallest absolute Gasteiger partial charge is 0.409 e. The molecule has 0 spiro atoms. The highest BCUT2D eigenvalue weighted by atomic mass is 16.6. The number of hydrogen-bond donors (Lipinski definition) is 0. The fraction of sp³-hybridized carbons (Fsp3) is 0.800. The Hall–Kier alpha value is -1.79. The van der Waals surface area contributed by atoms with Crippen molar-refractivity contribution in [2.75, 3.05) is 19.7 Å². The number of carbonyl (C=O) groups excluding carboxylic acids is 1. The molecular formula is C15H26N4O3. The Labute approximate surface area is 130 Å². The maximum atomic E-state index is 12.1. The average Bonchev–Trinajstić information content (AvgIpc) is 2.82. The van der Waals surface area contributed by atoms with Gasteiger partial charge in [-0.2, -0.15) is 5.10 Å². The minimum Gasteiger partial charge on any atom is -0.449 e. The van der Waals surface area contributed by atoms with Gasteiger partial charge in [0.1, 0.15) is 5.82 Å². The highest BCUT2D eigenvalue weighted by molar-refractivity contribution is 5.67. The van der Waals surface area contributed by atoms with Crippen LogP contribution in [0, 0.1) is 0 Å². The Morgan fingerprint density at radius 3 is 2.86 bits per heavy atom. The van der Waals surface area contributed by atoms with E-state index in [2.05, 4.69) is 12.0 Å². The van der Waals surface area contributed by atoms with Crippen LogP contribution in [-0.2, 0) is 18.3 Å². The molecule has 7 nitrogen and oxygen atoms in total. The Morgan fingerprint density at radius 2 is 2.18 bits per heavy atom. The molecule has 0 radical (unpaired) electrons. The topological polar surface area (TPSA) is 69.4 Å². The summed E-state index contributed by atoms with van der Waals surface area (Å²) >= 11 is 0. The van der Waals surface area contributed by atoms with Gasteiger partial charge in [0.25, 0.3) is 0 Å². The normalized spacial score (nSPS) is 18.5. The second-order valence-corrected chi connectivity index (χ2v) is 5.76. The van der Waals surface area contributed by atoms with Gasteiger partial charge in [-0.25, -0.2) is 14.3 Å². The molecule has 0 saturated carbocycles. The molecule has 1 fully saturated rings. The Balaban J connectivity index is 2.06. The molecule has 22 heavy (non-hydrogen) atoms. The van der Waals surface area contributed by atoms with Crippen LogP contribution < -0.4 is 5.69 Å². The molecule has 1 saturated heterocycles. The molecule has 0 N–H and O–H groups in total. The van der Waals surface area contributed by atoms with Crippen LogP contribution in [0.15, 0.2) is 4.79 Å². The minimum absolute atomic E-state index is 0.0971. The van der Waals surface area contributed by atoms with Gasteiger partial charge < -0.3 is 9.64 Å². The van der Waals surface area contributed by atoms with Crippen molar-refractivity contribution in [2.45, 2.75) is 52.0 Å². The zero-order valence-electron chi connectivity index (χ0n) is 13.7. The summed E-state index contributed by atoms with van der Waals surface area (Å²) in [5.41, 5.74) is -0.0971. The van der Waals surface area contributed by atoms with Gasteiger partial charge in [-0.3, -0.25) is 4.57 Å². The number of ether oxygens (including phenoxy) is 1. The molecule has 0 bridgehead atoms. The SMILES string of the molecule is CCCCOC(=O)N1CCC[C@H](c2nn(C)c(=O)n2CC)C1. The van der Waals surface area contributed by atoms with Crippen molar-refractivity contribution in [3.63, 3.8) is 0 Å². The average molecular weight is 310 g/mol. The molecule has 1 atom stereocenters. The third kappa shape index (κ3) is 3.51. The van der Waals surface area contributed by atoms with Gasteiger partial charge in [-0.15, -0.1) is 0 Å². The summed E-state index contributed by atoms with van der Waals surface area (Å²) in [6, 6.07) is 0. The van der Waals surface area contributed by atoms with Gasteiger partial charge in [0.2, 0.25) is 0 Å². The van der Waals surface area contributed by atoms with Crippen molar-refractivity contribution >= 4 is 6.09 Å². The van der Waals surface area contributed by atoms with Gasteiger partial charge in [0, 0.05) is 32.6 Å². The first-order valence-electron chi connectivity index (χ1n) is 8.13. The zero-order chi connectivity index (χ0) is 16.1. The Kier molecular flexibility index (Phi) is 5.63. The molecule has 0 aromatic carbocycles. The third-order valence-electron chi connectivity index (χ3n) is 4.12. The van der Waals surface area contributed by atoms with Crippen molar-refractivity contribution in [3.05, 3.63) is 16.3 Å². The lowest BCUT2D eigenvalue weighted by atomic mass is 9.97. The van der Waals surface area contributed by atoms with Crippen LogP contribution in [0.1, 0.15) is 51.3 Å². The Bertz CT molecular complexity index is 564. The first kappa shape index (κ1) is 16.6. The van der Waals surface area contributed by atoms with Crippen LogP contribution in [0.3, 0.4) is 0 Å². The number of amides is 1.